The molecule has 0 spiro atoms. The Morgan fingerprint density at radius 2 is 2.03 bits per heavy atom. The highest BCUT2D eigenvalue weighted by Crippen LogP contribution is 2.52. The van der Waals surface area contributed by atoms with E-state index in [-0.39, 0.29) is 6.04 Å². The molecule has 0 unspecified atom stereocenters. The normalized spacial score (nSPS) is 25.8. The Hall–Kier alpha value is -3.28. The summed E-state index contributed by atoms with van der Waals surface area (Å²) >= 11 is 0. The van der Waals surface area contributed by atoms with Gasteiger partial charge in [0.1, 0.15) is 5.75 Å². The summed E-state index contributed by atoms with van der Waals surface area (Å²) in [6, 6.07) is 11.9. The quantitative estimate of drug-likeness (QED) is 0.464. The highest BCUT2D eigenvalue weighted by Gasteiger charge is 2.57. The molecule has 2 aromatic rings. The number of benzene rings is 2. The van der Waals surface area contributed by atoms with Gasteiger partial charge >= 0.3 is 6.18 Å². The third-order valence-electron chi connectivity index (χ3n) is 7.61. The maximum Gasteiger partial charge on any atom is 0.416 e. The number of fused-ring (bicyclic) bond motifs is 1. The topological polar surface area (TPSA) is 61.8 Å². The Labute approximate surface area is 215 Å². The molecule has 1 aliphatic heterocycles. The summed E-state index contributed by atoms with van der Waals surface area (Å²) in [5.41, 5.74) is -1.05. The number of methoxy groups -OCH3 is 1. The first-order chi connectivity index (χ1) is 17.6. The zero-order chi connectivity index (χ0) is 26.7. The van der Waals surface area contributed by atoms with Crippen LogP contribution in [0.1, 0.15) is 42.4 Å². The van der Waals surface area contributed by atoms with Crippen LogP contribution in [0.3, 0.4) is 0 Å². The molecule has 37 heavy (non-hydrogen) atoms. The molecule has 2 N–H and O–H groups in total. The number of rotatable bonds is 5. The largest absolute Gasteiger partial charge is 0.497 e. The van der Waals surface area contributed by atoms with Gasteiger partial charge in [-0.15, -0.1) is 6.58 Å². The van der Waals surface area contributed by atoms with Crippen LogP contribution < -0.4 is 10.1 Å². The van der Waals surface area contributed by atoms with Crippen molar-refractivity contribution in [3.8, 4) is 17.6 Å². The van der Waals surface area contributed by atoms with E-state index in [9.17, 15) is 23.1 Å². The second-order valence-corrected chi connectivity index (χ2v) is 9.86. The minimum atomic E-state index is -4.42. The molecule has 3 atom stereocenters. The van der Waals surface area contributed by atoms with Crippen LogP contribution in [-0.2, 0) is 16.4 Å². The number of hydrogen-bond donors (Lipinski definition) is 2. The van der Waals surface area contributed by atoms with E-state index in [1.165, 1.54) is 12.1 Å². The number of ether oxygens (including phenoxy) is 1. The van der Waals surface area contributed by atoms with Crippen LogP contribution in [0.15, 0.2) is 61.2 Å². The van der Waals surface area contributed by atoms with Gasteiger partial charge in [-0.05, 0) is 74.2 Å². The molecular weight excluding hydrogens is 481 g/mol. The first kappa shape index (κ1) is 26.8. The van der Waals surface area contributed by atoms with Crippen LogP contribution in [0.4, 0.5) is 13.2 Å². The third-order valence-corrected chi connectivity index (χ3v) is 7.61. The van der Waals surface area contributed by atoms with Crippen molar-refractivity contribution in [1.29, 1.82) is 0 Å². The molecule has 1 aliphatic carbocycles. The Morgan fingerprint density at radius 3 is 2.70 bits per heavy atom. The van der Waals surface area contributed by atoms with E-state index in [0.717, 1.165) is 24.2 Å². The Morgan fingerprint density at radius 1 is 1.27 bits per heavy atom. The fraction of sp³-hybridized carbons (Fsp3) is 0.414. The van der Waals surface area contributed by atoms with E-state index in [4.69, 9.17) is 4.74 Å². The second kappa shape index (κ2) is 10.6. The summed E-state index contributed by atoms with van der Waals surface area (Å²) in [6.07, 6.45) is -0.275. The highest BCUT2D eigenvalue weighted by molar-refractivity contribution is 5.94. The van der Waals surface area contributed by atoms with E-state index in [1.807, 2.05) is 30.3 Å². The van der Waals surface area contributed by atoms with Crippen molar-refractivity contribution >= 4 is 5.91 Å². The first-order valence-electron chi connectivity index (χ1n) is 12.3. The van der Waals surface area contributed by atoms with E-state index < -0.39 is 28.7 Å². The first-order valence-corrected chi connectivity index (χ1v) is 12.3. The Balaban J connectivity index is 1.53. The van der Waals surface area contributed by atoms with Gasteiger partial charge in [-0.3, -0.25) is 9.69 Å². The molecule has 1 saturated carbocycles. The molecule has 196 valence electrons. The number of hydrogen-bond acceptors (Lipinski definition) is 4. The Bertz CT molecular complexity index is 1200. The van der Waals surface area contributed by atoms with Crippen LogP contribution in [0, 0.1) is 11.8 Å². The summed E-state index contributed by atoms with van der Waals surface area (Å²) in [5.74, 6) is 5.34. The lowest BCUT2D eigenvalue weighted by Crippen LogP contribution is -2.67. The van der Waals surface area contributed by atoms with Gasteiger partial charge in [0, 0.05) is 36.0 Å². The van der Waals surface area contributed by atoms with Crippen LogP contribution in [0.25, 0.3) is 0 Å². The number of halogens is 3. The lowest BCUT2D eigenvalue weighted by atomic mass is 9.55. The summed E-state index contributed by atoms with van der Waals surface area (Å²) < 4.78 is 43.7. The van der Waals surface area contributed by atoms with Gasteiger partial charge in [0.15, 0.2) is 0 Å². The number of nitrogens with one attached hydrogen (secondary N) is 1. The maximum absolute atomic E-state index is 12.8. The van der Waals surface area contributed by atoms with Gasteiger partial charge in [0.25, 0.3) is 5.91 Å². The molecule has 8 heteroatoms. The van der Waals surface area contributed by atoms with Gasteiger partial charge in [0.05, 0.1) is 18.3 Å². The summed E-state index contributed by atoms with van der Waals surface area (Å²) in [5, 5.41) is 15.0. The van der Waals surface area contributed by atoms with Gasteiger partial charge in [-0.25, -0.2) is 0 Å². The predicted octanol–water partition coefficient (Wildman–Crippen LogP) is 4.30. The van der Waals surface area contributed by atoms with Crippen molar-refractivity contribution in [3.05, 3.63) is 77.9 Å². The number of β-amino-alcohol motifs (C(OH)–C–C–N with tert-alkyl or cyclic N) is 1. The number of carbonyl (C=O) groups excluding carboxylic acids is 1. The summed E-state index contributed by atoms with van der Waals surface area (Å²) in [6.45, 7) is 5.80. The molecule has 1 saturated heterocycles. The van der Waals surface area contributed by atoms with Crippen LogP contribution in [-0.4, -0.2) is 54.3 Å². The number of alkyl halides is 3. The molecule has 2 aliphatic rings. The number of carbonyl (C=O) groups is 1. The van der Waals surface area contributed by atoms with Gasteiger partial charge in [-0.2, -0.15) is 13.2 Å². The van der Waals surface area contributed by atoms with Crippen molar-refractivity contribution in [3.63, 3.8) is 0 Å². The molecule has 0 radical (unpaired) electrons. The van der Waals surface area contributed by atoms with Crippen molar-refractivity contribution < 1.29 is 27.8 Å². The van der Waals surface area contributed by atoms with Crippen LogP contribution in [0.2, 0.25) is 0 Å². The summed E-state index contributed by atoms with van der Waals surface area (Å²) in [7, 11) is 1.61. The van der Waals surface area contributed by atoms with E-state index in [2.05, 4.69) is 28.6 Å². The average Bonchev–Trinajstić information content (AvgIpc) is 2.87. The Kier molecular flexibility index (Phi) is 7.67. The molecule has 4 rings (SSSR count). The standard InChI is InChI=1S/C29H31F3N2O3/c1-3-16-34-17-15-27(23-5-4-6-25(18-23)37-2)19-24(13-14-28(27,36)20-34)33-26(35)12-9-21-7-10-22(11-8-21)29(30,31)32/h3-8,10-11,18,24,36H,1,13-17,19-20H2,2H3,(H,33,35)/t24-,27-,28-/m0/s1. The van der Waals surface area contributed by atoms with Gasteiger partial charge in [-0.1, -0.05) is 24.1 Å². The second-order valence-electron chi connectivity index (χ2n) is 9.86. The van der Waals surface area contributed by atoms with Crippen molar-refractivity contribution in [2.75, 3.05) is 26.7 Å². The molecule has 0 aromatic heterocycles. The lowest BCUT2D eigenvalue weighted by Gasteiger charge is -2.58. The molecule has 2 fully saturated rings. The smallest absolute Gasteiger partial charge is 0.416 e. The van der Waals surface area contributed by atoms with Gasteiger partial charge < -0.3 is 15.2 Å². The molecule has 1 amide bonds. The zero-order valence-electron chi connectivity index (χ0n) is 20.8. The highest BCUT2D eigenvalue weighted by atomic mass is 19.4. The SMILES string of the molecule is C=CCN1CC[C@@]2(c3cccc(OC)c3)C[C@@H](NC(=O)C#Cc3ccc(C(F)(F)F)cc3)CC[C@]2(O)C1. The van der Waals surface area contributed by atoms with Crippen LogP contribution in [0.5, 0.6) is 5.75 Å². The summed E-state index contributed by atoms with van der Waals surface area (Å²) in [4.78, 5) is 14.9. The van der Waals surface area contributed by atoms with Crippen molar-refractivity contribution in [1.82, 2.24) is 10.2 Å². The maximum atomic E-state index is 12.8. The number of nitrogens with zero attached hydrogens (tertiary/aromatic N) is 1. The number of aliphatic hydroxyl groups is 1. The van der Waals surface area contributed by atoms with Gasteiger partial charge in [0.2, 0.25) is 0 Å². The molecule has 2 aromatic carbocycles. The van der Waals surface area contributed by atoms with E-state index in [1.54, 1.807) is 7.11 Å². The minimum absolute atomic E-state index is 0.216. The van der Waals surface area contributed by atoms with Crippen molar-refractivity contribution in [2.24, 2.45) is 0 Å². The predicted molar refractivity (Wildman–Crippen MR) is 135 cm³/mol. The average molecular weight is 513 g/mol. The molecule has 5 nitrogen and oxygen atoms in total. The fourth-order valence-electron chi connectivity index (χ4n) is 5.73. The monoisotopic (exact) mass is 512 g/mol. The van der Waals surface area contributed by atoms with E-state index in [0.29, 0.717) is 50.1 Å². The minimum Gasteiger partial charge on any atom is -0.497 e. The van der Waals surface area contributed by atoms with Crippen LogP contribution >= 0.6 is 0 Å². The molecule has 1 heterocycles. The lowest BCUT2D eigenvalue weighted by molar-refractivity contribution is -0.137. The number of likely N-dealkylation sites (tertiary alicyclic amines) is 1. The molecular formula is C29H31F3N2O3. The fourth-order valence-corrected chi connectivity index (χ4v) is 5.73. The zero-order valence-corrected chi connectivity index (χ0v) is 20.8. The van der Waals surface area contributed by atoms with Crippen molar-refractivity contribution in [2.45, 2.75) is 48.9 Å². The van der Waals surface area contributed by atoms with E-state index >= 15 is 0 Å². The molecule has 0 bridgehead atoms. The number of piperidine rings is 1. The number of amides is 1. The third kappa shape index (κ3) is 5.68.